The van der Waals surface area contributed by atoms with Crippen LogP contribution in [0, 0.1) is 0 Å². The molecule has 9 aromatic rings. The fraction of sp³-hybridized carbons (Fsp3) is 0.0204. The molecule has 10 rings (SSSR count). The number of fused-ring (bicyclic) bond motifs is 4. The van der Waals surface area contributed by atoms with Crippen molar-refractivity contribution < 1.29 is 0 Å². The van der Waals surface area contributed by atoms with Crippen LogP contribution >= 0.6 is 0 Å². The van der Waals surface area contributed by atoms with Gasteiger partial charge in [0.25, 0.3) is 0 Å². The molecule has 2 N–H and O–H groups in total. The number of hydrogen-bond donors (Lipinski definition) is 2. The first-order valence-corrected chi connectivity index (χ1v) is 17.6. The SMILES string of the molecule is c1ccc(-c2ccccc2C2(c3ccc(-c4c5ccccc5c(-c5ccc6ccccc6c5)c5ccccc45)cc3)Nc3ccccc3N2)cc1. The van der Waals surface area contributed by atoms with E-state index in [-0.39, 0.29) is 0 Å². The van der Waals surface area contributed by atoms with Crippen LogP contribution in [0.1, 0.15) is 11.1 Å². The molecule has 0 spiro atoms. The molecule has 240 valence electrons. The third kappa shape index (κ3) is 4.72. The lowest BCUT2D eigenvalue weighted by molar-refractivity contribution is 0.706. The maximum absolute atomic E-state index is 3.94. The van der Waals surface area contributed by atoms with Crippen LogP contribution in [0.3, 0.4) is 0 Å². The molecule has 2 heteroatoms. The Balaban J connectivity index is 1.16. The van der Waals surface area contributed by atoms with Crippen LogP contribution in [0.15, 0.2) is 194 Å². The van der Waals surface area contributed by atoms with Crippen molar-refractivity contribution in [3.8, 4) is 33.4 Å². The van der Waals surface area contributed by atoms with Gasteiger partial charge in [-0.15, -0.1) is 0 Å². The van der Waals surface area contributed by atoms with Gasteiger partial charge in [-0.25, -0.2) is 0 Å². The van der Waals surface area contributed by atoms with Crippen LogP contribution < -0.4 is 10.6 Å². The molecule has 0 unspecified atom stereocenters. The lowest BCUT2D eigenvalue weighted by Crippen LogP contribution is -2.40. The summed E-state index contributed by atoms with van der Waals surface area (Å²) >= 11 is 0. The topological polar surface area (TPSA) is 24.1 Å². The van der Waals surface area contributed by atoms with Crippen molar-refractivity contribution in [3.63, 3.8) is 0 Å². The number of hydrogen-bond acceptors (Lipinski definition) is 2. The normalized spacial score (nSPS) is 13.2. The molecular weight excluding hydrogens is 617 g/mol. The third-order valence-electron chi connectivity index (χ3n) is 10.6. The minimum absolute atomic E-state index is 0.668. The summed E-state index contributed by atoms with van der Waals surface area (Å²) in [6, 6.07) is 70.3. The van der Waals surface area contributed by atoms with E-state index in [4.69, 9.17) is 0 Å². The Morgan fingerprint density at radius 3 is 1.47 bits per heavy atom. The third-order valence-corrected chi connectivity index (χ3v) is 10.6. The average Bonchev–Trinajstić information content (AvgIpc) is 3.61. The van der Waals surface area contributed by atoms with Gasteiger partial charge in [-0.3, -0.25) is 0 Å². The Morgan fingerprint density at radius 2 is 0.824 bits per heavy atom. The molecule has 0 radical (unpaired) electrons. The van der Waals surface area contributed by atoms with Crippen LogP contribution in [0.5, 0.6) is 0 Å². The predicted molar refractivity (Wildman–Crippen MR) is 216 cm³/mol. The van der Waals surface area contributed by atoms with Crippen LogP contribution in [0.4, 0.5) is 11.4 Å². The largest absolute Gasteiger partial charge is 0.354 e. The number of rotatable bonds is 5. The van der Waals surface area contributed by atoms with Crippen molar-refractivity contribution in [3.05, 3.63) is 205 Å². The molecule has 0 aromatic heterocycles. The number of nitrogens with one attached hydrogen (secondary N) is 2. The standard InChI is InChI=1S/C49H34N2/c1-2-15-34(16-3-1)39-18-10-11-23-44(39)49(50-45-24-12-13-25-46(45)51-49)38-30-28-35(29-31-38)47-40-19-6-8-21-42(40)48(43-22-9-7-20-41(43)47)37-27-26-33-14-4-5-17-36(33)32-37/h1-32,50-51H. The summed E-state index contributed by atoms with van der Waals surface area (Å²) in [6.45, 7) is 0. The Labute approximate surface area is 297 Å². The molecule has 9 aromatic carbocycles. The van der Waals surface area contributed by atoms with Gasteiger partial charge in [0, 0.05) is 11.1 Å². The fourth-order valence-electron chi connectivity index (χ4n) is 8.23. The number of benzene rings is 9. The van der Waals surface area contributed by atoms with E-state index < -0.39 is 5.66 Å². The molecule has 0 fully saturated rings. The van der Waals surface area contributed by atoms with Crippen LogP contribution in [0.25, 0.3) is 65.7 Å². The van der Waals surface area contributed by atoms with Crippen molar-refractivity contribution in [1.82, 2.24) is 0 Å². The number of anilines is 2. The van der Waals surface area contributed by atoms with Gasteiger partial charge >= 0.3 is 0 Å². The van der Waals surface area contributed by atoms with Gasteiger partial charge < -0.3 is 10.6 Å². The van der Waals surface area contributed by atoms with Gasteiger partial charge in [-0.2, -0.15) is 0 Å². The van der Waals surface area contributed by atoms with E-state index >= 15 is 0 Å². The maximum Gasteiger partial charge on any atom is 0.162 e. The maximum atomic E-state index is 3.94. The summed E-state index contributed by atoms with van der Waals surface area (Å²) in [5.74, 6) is 0. The van der Waals surface area contributed by atoms with Gasteiger partial charge in [0.15, 0.2) is 5.66 Å². The van der Waals surface area contributed by atoms with E-state index in [2.05, 4.69) is 205 Å². The first-order chi connectivity index (χ1) is 25.3. The molecule has 0 aliphatic carbocycles. The molecule has 1 aliphatic heterocycles. The molecule has 1 heterocycles. The Kier molecular flexibility index (Phi) is 6.75. The lowest BCUT2D eigenvalue weighted by atomic mass is 9.83. The molecule has 0 saturated heterocycles. The van der Waals surface area contributed by atoms with Crippen molar-refractivity contribution in [2.75, 3.05) is 10.6 Å². The van der Waals surface area contributed by atoms with E-state index in [1.165, 1.54) is 71.3 Å². The zero-order valence-corrected chi connectivity index (χ0v) is 28.0. The average molecular weight is 651 g/mol. The molecule has 2 nitrogen and oxygen atoms in total. The highest BCUT2D eigenvalue weighted by Crippen LogP contribution is 2.48. The summed E-state index contributed by atoms with van der Waals surface area (Å²) in [6.07, 6.45) is 0. The van der Waals surface area contributed by atoms with Gasteiger partial charge in [-0.05, 0) is 83.9 Å². The highest BCUT2D eigenvalue weighted by Gasteiger charge is 2.41. The quantitative estimate of drug-likeness (QED) is 0.181. The number of para-hydroxylation sites is 2. The zero-order valence-electron chi connectivity index (χ0n) is 28.0. The smallest absolute Gasteiger partial charge is 0.162 e. The van der Waals surface area contributed by atoms with Crippen molar-refractivity contribution in [1.29, 1.82) is 0 Å². The zero-order chi connectivity index (χ0) is 33.8. The van der Waals surface area contributed by atoms with Crippen molar-refractivity contribution in [2.45, 2.75) is 5.66 Å². The van der Waals surface area contributed by atoms with E-state index in [0.717, 1.165) is 16.9 Å². The van der Waals surface area contributed by atoms with E-state index in [1.54, 1.807) is 0 Å². The van der Waals surface area contributed by atoms with E-state index in [9.17, 15) is 0 Å². The van der Waals surface area contributed by atoms with Crippen molar-refractivity contribution in [2.24, 2.45) is 0 Å². The van der Waals surface area contributed by atoms with Crippen LogP contribution in [-0.4, -0.2) is 0 Å². The first kappa shape index (κ1) is 29.3. The predicted octanol–water partition coefficient (Wildman–Crippen LogP) is 12.9. The minimum atomic E-state index is -0.668. The summed E-state index contributed by atoms with van der Waals surface area (Å²) in [5, 5.41) is 15.4. The monoisotopic (exact) mass is 650 g/mol. The summed E-state index contributed by atoms with van der Waals surface area (Å²) in [7, 11) is 0. The minimum Gasteiger partial charge on any atom is -0.354 e. The summed E-state index contributed by atoms with van der Waals surface area (Å²) < 4.78 is 0. The van der Waals surface area contributed by atoms with Gasteiger partial charge in [0.05, 0.1) is 11.4 Å². The van der Waals surface area contributed by atoms with Gasteiger partial charge in [0.2, 0.25) is 0 Å². The fourth-order valence-corrected chi connectivity index (χ4v) is 8.23. The molecule has 0 atom stereocenters. The highest BCUT2D eigenvalue weighted by atomic mass is 15.3. The molecule has 0 amide bonds. The highest BCUT2D eigenvalue weighted by molar-refractivity contribution is 6.21. The summed E-state index contributed by atoms with van der Waals surface area (Å²) in [5.41, 5.74) is 11.2. The molecule has 51 heavy (non-hydrogen) atoms. The second kappa shape index (κ2) is 11.8. The van der Waals surface area contributed by atoms with Crippen molar-refractivity contribution >= 4 is 43.7 Å². The molecule has 0 saturated carbocycles. The lowest BCUT2D eigenvalue weighted by Gasteiger charge is -2.34. The van der Waals surface area contributed by atoms with E-state index in [1.807, 2.05) is 0 Å². The van der Waals surface area contributed by atoms with E-state index in [0.29, 0.717) is 0 Å². The second-order valence-corrected chi connectivity index (χ2v) is 13.4. The van der Waals surface area contributed by atoms with Gasteiger partial charge in [-0.1, -0.05) is 176 Å². The second-order valence-electron chi connectivity index (χ2n) is 13.4. The molecule has 1 aliphatic rings. The van der Waals surface area contributed by atoms with Gasteiger partial charge in [0.1, 0.15) is 0 Å². The molecular formula is C49H34N2. The molecule has 0 bridgehead atoms. The van der Waals surface area contributed by atoms with Crippen LogP contribution in [0.2, 0.25) is 0 Å². The van der Waals surface area contributed by atoms with Crippen LogP contribution in [-0.2, 0) is 5.66 Å². The first-order valence-electron chi connectivity index (χ1n) is 17.6. The Morgan fingerprint density at radius 1 is 0.333 bits per heavy atom. The Bertz CT molecular complexity index is 2660. The Hall–Kier alpha value is -6.64. The summed E-state index contributed by atoms with van der Waals surface area (Å²) in [4.78, 5) is 0.